The molecule has 3 rings (SSSR count). The van der Waals surface area contributed by atoms with Crippen LogP contribution in [0.1, 0.15) is 29.3 Å². The molecule has 1 N–H and O–H groups in total. The van der Waals surface area contributed by atoms with Gasteiger partial charge in [0.05, 0.1) is 4.90 Å². The predicted molar refractivity (Wildman–Crippen MR) is 120 cm³/mol. The molecule has 2 aromatic rings. The summed E-state index contributed by atoms with van der Waals surface area (Å²) in [6.07, 6.45) is 0.367. The third-order valence-corrected chi connectivity index (χ3v) is 7.37. The lowest BCUT2D eigenvalue weighted by atomic mass is 10.1. The highest BCUT2D eigenvalue weighted by Gasteiger charge is 2.39. The minimum atomic E-state index is -4.20. The largest absolute Gasteiger partial charge is 0.339 e. The van der Waals surface area contributed by atoms with E-state index in [9.17, 15) is 22.8 Å². The Labute approximate surface area is 188 Å². The van der Waals surface area contributed by atoms with Crippen LogP contribution in [0.2, 0.25) is 0 Å². The van der Waals surface area contributed by atoms with Crippen molar-refractivity contribution in [3.8, 4) is 0 Å². The lowest BCUT2D eigenvalue weighted by Crippen LogP contribution is -2.57. The minimum absolute atomic E-state index is 0.0154. The molecule has 0 radical (unpaired) electrons. The van der Waals surface area contributed by atoms with Crippen molar-refractivity contribution >= 4 is 27.6 Å². The van der Waals surface area contributed by atoms with Gasteiger partial charge in [-0.3, -0.25) is 14.4 Å². The molecule has 0 aromatic heterocycles. The average Bonchev–Trinajstić information content (AvgIpc) is 2.82. The fraction of sp³-hybridized carbons (Fsp3) is 0.348. The molecule has 0 bridgehead atoms. The SMILES string of the molecule is CCC(=O)N1CCN(C(=O)C(NC(=O)c2ccccc2C)S(=O)(=O)c2ccccc2)CC1. The first-order valence-electron chi connectivity index (χ1n) is 10.5. The number of sulfone groups is 1. The first kappa shape index (κ1) is 23.5. The van der Waals surface area contributed by atoms with E-state index in [0.717, 1.165) is 0 Å². The number of nitrogens with one attached hydrogen (secondary N) is 1. The van der Waals surface area contributed by atoms with Gasteiger partial charge in [0.15, 0.2) is 0 Å². The number of carbonyl (C=O) groups is 3. The summed E-state index contributed by atoms with van der Waals surface area (Å²) in [7, 11) is -4.20. The molecule has 3 amide bonds. The zero-order valence-corrected chi connectivity index (χ0v) is 19.0. The summed E-state index contributed by atoms with van der Waals surface area (Å²) in [6.45, 7) is 4.55. The number of carbonyl (C=O) groups excluding carboxylic acids is 3. The number of rotatable bonds is 6. The molecule has 170 valence electrons. The van der Waals surface area contributed by atoms with Gasteiger partial charge in [0.25, 0.3) is 11.8 Å². The van der Waals surface area contributed by atoms with Crippen molar-refractivity contribution in [2.75, 3.05) is 26.2 Å². The van der Waals surface area contributed by atoms with Crippen molar-refractivity contribution in [1.29, 1.82) is 0 Å². The summed E-state index contributed by atoms with van der Waals surface area (Å²) >= 11 is 0. The van der Waals surface area contributed by atoms with E-state index in [1.807, 2.05) is 0 Å². The van der Waals surface area contributed by atoms with Crippen LogP contribution in [0, 0.1) is 6.92 Å². The van der Waals surface area contributed by atoms with E-state index in [2.05, 4.69) is 5.32 Å². The minimum Gasteiger partial charge on any atom is -0.339 e. The molecule has 1 aliphatic rings. The van der Waals surface area contributed by atoms with Crippen LogP contribution in [-0.2, 0) is 19.4 Å². The molecule has 1 fully saturated rings. The van der Waals surface area contributed by atoms with Crippen molar-refractivity contribution in [2.45, 2.75) is 30.5 Å². The third kappa shape index (κ3) is 4.99. The molecular weight excluding hydrogens is 430 g/mol. The summed E-state index contributed by atoms with van der Waals surface area (Å²) in [6, 6.07) is 14.4. The van der Waals surface area contributed by atoms with E-state index < -0.39 is 27.0 Å². The van der Waals surface area contributed by atoms with Crippen LogP contribution in [0.3, 0.4) is 0 Å². The van der Waals surface area contributed by atoms with Gasteiger partial charge < -0.3 is 15.1 Å². The van der Waals surface area contributed by atoms with Gasteiger partial charge in [-0.15, -0.1) is 0 Å². The Morgan fingerprint density at radius 1 is 0.906 bits per heavy atom. The Kier molecular flexibility index (Phi) is 7.29. The van der Waals surface area contributed by atoms with Gasteiger partial charge >= 0.3 is 0 Å². The number of benzene rings is 2. The fourth-order valence-electron chi connectivity index (χ4n) is 3.61. The van der Waals surface area contributed by atoms with Crippen LogP contribution < -0.4 is 5.32 Å². The number of hydrogen-bond donors (Lipinski definition) is 1. The van der Waals surface area contributed by atoms with Crippen molar-refractivity contribution in [3.05, 3.63) is 65.7 Å². The second-order valence-corrected chi connectivity index (χ2v) is 9.62. The molecule has 1 unspecified atom stereocenters. The Morgan fingerprint density at radius 2 is 1.47 bits per heavy atom. The lowest BCUT2D eigenvalue weighted by molar-refractivity contribution is -0.139. The van der Waals surface area contributed by atoms with Gasteiger partial charge in [0.1, 0.15) is 0 Å². The van der Waals surface area contributed by atoms with Crippen molar-refractivity contribution in [3.63, 3.8) is 0 Å². The predicted octanol–water partition coefficient (Wildman–Crippen LogP) is 1.61. The number of amides is 3. The maximum atomic E-state index is 13.4. The number of nitrogens with zero attached hydrogens (tertiary/aromatic N) is 2. The van der Waals surface area contributed by atoms with Crippen LogP contribution in [0.25, 0.3) is 0 Å². The summed E-state index contributed by atoms with van der Waals surface area (Å²) in [5.74, 6) is -1.36. The first-order chi connectivity index (χ1) is 15.3. The average molecular weight is 458 g/mol. The highest BCUT2D eigenvalue weighted by molar-refractivity contribution is 7.92. The summed E-state index contributed by atoms with van der Waals surface area (Å²) in [5.41, 5.74) is 0.965. The van der Waals surface area contributed by atoms with Crippen LogP contribution in [0.4, 0.5) is 0 Å². The zero-order valence-electron chi connectivity index (χ0n) is 18.2. The second-order valence-electron chi connectivity index (χ2n) is 7.59. The quantitative estimate of drug-likeness (QED) is 0.710. The molecule has 1 saturated heterocycles. The Morgan fingerprint density at radius 3 is 2.06 bits per heavy atom. The standard InChI is InChI=1S/C23H27N3O5S/c1-3-20(27)25-13-15-26(16-14-25)23(29)22(32(30,31)18-10-5-4-6-11-18)24-21(28)19-12-8-7-9-17(19)2/h4-12,22H,3,13-16H2,1-2H3,(H,24,28). The van der Waals surface area contributed by atoms with E-state index in [-0.39, 0.29) is 23.9 Å². The zero-order chi connectivity index (χ0) is 23.3. The maximum Gasteiger partial charge on any atom is 0.261 e. The molecule has 0 saturated carbocycles. The summed E-state index contributed by atoms with van der Waals surface area (Å²) < 4.78 is 26.7. The van der Waals surface area contributed by atoms with E-state index >= 15 is 0 Å². The Bertz CT molecular complexity index is 1090. The first-order valence-corrected chi connectivity index (χ1v) is 12.0. The van der Waals surface area contributed by atoms with Crippen LogP contribution in [0.15, 0.2) is 59.5 Å². The van der Waals surface area contributed by atoms with E-state index in [4.69, 9.17) is 0 Å². The monoisotopic (exact) mass is 457 g/mol. The van der Waals surface area contributed by atoms with Gasteiger partial charge in [-0.1, -0.05) is 43.3 Å². The fourth-order valence-corrected chi connectivity index (χ4v) is 5.09. The molecule has 9 heteroatoms. The Balaban J connectivity index is 1.89. The molecule has 1 heterocycles. The molecule has 2 aromatic carbocycles. The molecule has 1 atom stereocenters. The van der Waals surface area contributed by atoms with Crippen molar-refractivity contribution < 1.29 is 22.8 Å². The van der Waals surface area contributed by atoms with Crippen molar-refractivity contribution in [1.82, 2.24) is 15.1 Å². The Hall–Kier alpha value is -3.20. The maximum absolute atomic E-state index is 13.4. The molecule has 1 aliphatic heterocycles. The van der Waals surface area contributed by atoms with Crippen LogP contribution >= 0.6 is 0 Å². The topological polar surface area (TPSA) is 104 Å². The second kappa shape index (κ2) is 9.95. The van der Waals surface area contributed by atoms with E-state index in [1.165, 1.54) is 17.0 Å². The summed E-state index contributed by atoms with van der Waals surface area (Å²) in [4.78, 5) is 41.2. The highest BCUT2D eigenvalue weighted by atomic mass is 32.2. The number of piperazine rings is 1. The lowest BCUT2D eigenvalue weighted by Gasteiger charge is -2.36. The highest BCUT2D eigenvalue weighted by Crippen LogP contribution is 2.18. The smallest absolute Gasteiger partial charge is 0.261 e. The van der Waals surface area contributed by atoms with Crippen LogP contribution in [-0.4, -0.2) is 67.5 Å². The van der Waals surface area contributed by atoms with Crippen molar-refractivity contribution in [2.24, 2.45) is 0 Å². The van der Waals surface area contributed by atoms with Gasteiger partial charge in [-0.05, 0) is 30.7 Å². The molecular formula is C23H27N3O5S. The summed E-state index contributed by atoms with van der Waals surface area (Å²) in [5, 5.41) is 0.684. The molecule has 0 aliphatic carbocycles. The third-order valence-electron chi connectivity index (χ3n) is 5.50. The van der Waals surface area contributed by atoms with Gasteiger partial charge in [0, 0.05) is 38.2 Å². The molecule has 8 nitrogen and oxygen atoms in total. The van der Waals surface area contributed by atoms with Gasteiger partial charge in [-0.25, -0.2) is 8.42 Å². The van der Waals surface area contributed by atoms with E-state index in [0.29, 0.717) is 30.6 Å². The van der Waals surface area contributed by atoms with Gasteiger partial charge in [0.2, 0.25) is 21.1 Å². The molecule has 0 spiro atoms. The number of aryl methyl sites for hydroxylation is 1. The molecule has 32 heavy (non-hydrogen) atoms. The van der Waals surface area contributed by atoms with E-state index in [1.54, 1.807) is 61.2 Å². The van der Waals surface area contributed by atoms with Gasteiger partial charge in [-0.2, -0.15) is 0 Å². The number of hydrogen-bond acceptors (Lipinski definition) is 5. The van der Waals surface area contributed by atoms with Crippen LogP contribution in [0.5, 0.6) is 0 Å². The normalized spacial score (nSPS) is 15.2.